The number of hydrogen-bond donors (Lipinski definition) is 2. The number of carboxylic acid groups (broad SMARTS) is 1. The summed E-state index contributed by atoms with van der Waals surface area (Å²) in [7, 11) is 0. The third kappa shape index (κ3) is 3.15. The zero-order chi connectivity index (χ0) is 17.4. The van der Waals surface area contributed by atoms with Gasteiger partial charge in [0.1, 0.15) is 0 Å². The molecule has 0 amide bonds. The van der Waals surface area contributed by atoms with Gasteiger partial charge in [0.15, 0.2) is 11.5 Å². The minimum atomic E-state index is -1.08. The summed E-state index contributed by atoms with van der Waals surface area (Å²) in [5.41, 5.74) is 1.89. The molecule has 5 nitrogen and oxygen atoms in total. The molecule has 0 bridgehead atoms. The normalized spacial score (nSPS) is 10.9. The van der Waals surface area contributed by atoms with Gasteiger partial charge in [-0.15, -0.1) is 21.5 Å². The van der Waals surface area contributed by atoms with Gasteiger partial charge in [0.05, 0.1) is 10.4 Å². The van der Waals surface area contributed by atoms with Crippen molar-refractivity contribution in [2.75, 3.05) is 5.32 Å². The topological polar surface area (TPSA) is 75.1 Å². The molecule has 0 aliphatic rings. The van der Waals surface area contributed by atoms with Gasteiger partial charge < -0.3 is 10.4 Å². The third-order valence-electron chi connectivity index (χ3n) is 3.57. The summed E-state index contributed by atoms with van der Waals surface area (Å²) in [6, 6.07) is 11.8. The molecule has 0 spiro atoms. The predicted molar refractivity (Wildman–Crippen MR) is 105 cm³/mol. The maximum Gasteiger partial charge on any atom is 0.357 e. The zero-order valence-corrected chi connectivity index (χ0v) is 15.8. The molecule has 25 heavy (non-hydrogen) atoms. The summed E-state index contributed by atoms with van der Waals surface area (Å²) in [4.78, 5) is 12.5. The molecule has 4 aromatic rings. The van der Waals surface area contributed by atoms with Crippen molar-refractivity contribution in [1.29, 1.82) is 0 Å². The van der Waals surface area contributed by atoms with Gasteiger partial charge in [-0.25, -0.2) is 4.79 Å². The van der Waals surface area contributed by atoms with Crippen LogP contribution >= 0.6 is 38.6 Å². The van der Waals surface area contributed by atoms with Crippen LogP contribution in [0.5, 0.6) is 0 Å². The Morgan fingerprint density at radius 3 is 2.64 bits per heavy atom. The molecular formula is C17H10BrN3O2S2. The number of benzene rings is 1. The minimum Gasteiger partial charge on any atom is -0.476 e. The van der Waals surface area contributed by atoms with Crippen LogP contribution in [0.4, 0.5) is 11.5 Å². The van der Waals surface area contributed by atoms with Crippen LogP contribution in [0.2, 0.25) is 0 Å². The Balaban J connectivity index is 1.88. The van der Waals surface area contributed by atoms with Gasteiger partial charge in [0.2, 0.25) is 0 Å². The van der Waals surface area contributed by atoms with Crippen molar-refractivity contribution in [3.05, 3.63) is 57.3 Å². The summed E-state index contributed by atoms with van der Waals surface area (Å²) in [6.45, 7) is 0. The fourth-order valence-corrected chi connectivity index (χ4v) is 4.40. The van der Waals surface area contributed by atoms with Crippen molar-refractivity contribution in [3.63, 3.8) is 0 Å². The van der Waals surface area contributed by atoms with Crippen LogP contribution in [0, 0.1) is 0 Å². The maximum atomic E-state index is 11.5. The molecule has 0 saturated carbocycles. The number of halogens is 1. The Hall–Kier alpha value is -2.29. The van der Waals surface area contributed by atoms with E-state index < -0.39 is 5.97 Å². The number of fused-ring (bicyclic) bond motifs is 1. The van der Waals surface area contributed by atoms with Crippen molar-refractivity contribution in [2.24, 2.45) is 0 Å². The van der Waals surface area contributed by atoms with E-state index in [-0.39, 0.29) is 5.69 Å². The Morgan fingerprint density at radius 2 is 1.96 bits per heavy atom. The predicted octanol–water partition coefficient (Wildman–Crippen LogP) is 5.62. The minimum absolute atomic E-state index is 0.0285. The van der Waals surface area contributed by atoms with E-state index in [9.17, 15) is 9.90 Å². The molecule has 3 aromatic heterocycles. The van der Waals surface area contributed by atoms with Crippen LogP contribution in [0.25, 0.3) is 20.5 Å². The monoisotopic (exact) mass is 431 g/mol. The molecule has 8 heteroatoms. The second-order valence-electron chi connectivity index (χ2n) is 5.20. The van der Waals surface area contributed by atoms with E-state index in [0.717, 1.165) is 26.0 Å². The molecule has 1 aromatic carbocycles. The average Bonchev–Trinajstić information content (AvgIpc) is 3.25. The van der Waals surface area contributed by atoms with Crippen LogP contribution in [-0.4, -0.2) is 21.3 Å². The molecule has 0 unspecified atom stereocenters. The van der Waals surface area contributed by atoms with Gasteiger partial charge in [0, 0.05) is 20.1 Å². The Morgan fingerprint density at radius 1 is 1.16 bits per heavy atom. The fourth-order valence-electron chi connectivity index (χ4n) is 2.40. The van der Waals surface area contributed by atoms with Crippen molar-refractivity contribution < 1.29 is 9.90 Å². The van der Waals surface area contributed by atoms with Gasteiger partial charge in [-0.05, 0) is 35.2 Å². The Bertz CT molecular complexity index is 1060. The van der Waals surface area contributed by atoms with Crippen LogP contribution in [0.3, 0.4) is 0 Å². The number of nitrogens with one attached hydrogen (secondary N) is 1. The Kier molecular flexibility index (Phi) is 4.24. The number of carbonyl (C=O) groups is 1. The number of hydrogen-bond acceptors (Lipinski definition) is 6. The molecule has 3 heterocycles. The molecule has 4 rings (SSSR count). The number of anilines is 2. The highest BCUT2D eigenvalue weighted by Gasteiger charge is 2.19. The van der Waals surface area contributed by atoms with Gasteiger partial charge in [0.25, 0.3) is 0 Å². The lowest BCUT2D eigenvalue weighted by Gasteiger charge is -2.04. The molecule has 0 saturated heterocycles. The first-order chi connectivity index (χ1) is 12.1. The second kappa shape index (κ2) is 6.55. The second-order valence-corrected chi connectivity index (χ2v) is 7.95. The van der Waals surface area contributed by atoms with Crippen molar-refractivity contribution in [1.82, 2.24) is 10.2 Å². The number of aromatic carboxylic acids is 1. The van der Waals surface area contributed by atoms with Gasteiger partial charge in [-0.1, -0.05) is 28.1 Å². The molecular weight excluding hydrogens is 422 g/mol. The van der Waals surface area contributed by atoms with E-state index in [1.165, 1.54) is 11.3 Å². The maximum absolute atomic E-state index is 11.5. The first-order valence-electron chi connectivity index (χ1n) is 7.20. The van der Waals surface area contributed by atoms with Crippen molar-refractivity contribution in [2.45, 2.75) is 0 Å². The highest BCUT2D eigenvalue weighted by Crippen LogP contribution is 2.38. The average molecular weight is 432 g/mol. The quantitative estimate of drug-likeness (QED) is 0.438. The van der Waals surface area contributed by atoms with Crippen LogP contribution < -0.4 is 5.32 Å². The van der Waals surface area contributed by atoms with Crippen LogP contribution in [0.1, 0.15) is 10.5 Å². The lowest BCUT2D eigenvalue weighted by Crippen LogP contribution is -2.04. The molecule has 0 atom stereocenters. The number of nitrogens with zero attached hydrogens (tertiary/aromatic N) is 2. The van der Waals surface area contributed by atoms with E-state index in [4.69, 9.17) is 0 Å². The summed E-state index contributed by atoms with van der Waals surface area (Å²) in [5.74, 6) is -0.526. The van der Waals surface area contributed by atoms with Gasteiger partial charge >= 0.3 is 5.97 Å². The van der Waals surface area contributed by atoms with Crippen molar-refractivity contribution in [3.8, 4) is 10.4 Å². The lowest BCUT2D eigenvalue weighted by atomic mass is 10.1. The standard InChI is InChI=1S/C17H10BrN3O2S2/c18-10-3-1-9(2-4-10)13-7-12-15(25-13)14(17(22)23)20-21-16(12)19-11-5-6-24-8-11/h1-8H,(H,19,21)(H,22,23). The third-order valence-corrected chi connectivity index (χ3v) is 5.97. The SMILES string of the molecule is O=C(O)c1nnc(Nc2ccsc2)c2cc(-c3ccc(Br)cc3)sc12. The van der Waals surface area contributed by atoms with Gasteiger partial charge in [-0.3, -0.25) is 0 Å². The van der Waals surface area contributed by atoms with Gasteiger partial charge in [-0.2, -0.15) is 11.3 Å². The number of thiophene rings is 2. The molecule has 0 fully saturated rings. The molecule has 0 aliphatic heterocycles. The lowest BCUT2D eigenvalue weighted by molar-refractivity contribution is 0.0692. The molecule has 2 N–H and O–H groups in total. The van der Waals surface area contributed by atoms with E-state index in [0.29, 0.717) is 10.5 Å². The summed E-state index contributed by atoms with van der Waals surface area (Å²) in [6.07, 6.45) is 0. The summed E-state index contributed by atoms with van der Waals surface area (Å²) < 4.78 is 1.60. The number of carboxylic acids is 1. The Labute approximate surface area is 159 Å². The van der Waals surface area contributed by atoms with E-state index in [1.54, 1.807) is 11.3 Å². The first kappa shape index (κ1) is 16.2. The summed E-state index contributed by atoms with van der Waals surface area (Å²) >= 11 is 6.40. The largest absolute Gasteiger partial charge is 0.476 e. The molecule has 0 radical (unpaired) electrons. The highest BCUT2D eigenvalue weighted by atomic mass is 79.9. The van der Waals surface area contributed by atoms with Crippen molar-refractivity contribution >= 4 is 66.2 Å². The highest BCUT2D eigenvalue weighted by molar-refractivity contribution is 9.10. The van der Waals surface area contributed by atoms with Crippen LogP contribution in [0.15, 0.2) is 51.6 Å². The summed E-state index contributed by atoms with van der Waals surface area (Å²) in [5, 5.41) is 25.3. The molecule has 0 aliphatic carbocycles. The fraction of sp³-hybridized carbons (Fsp3) is 0. The van der Waals surface area contributed by atoms with E-state index >= 15 is 0 Å². The number of aromatic nitrogens is 2. The molecule has 124 valence electrons. The zero-order valence-electron chi connectivity index (χ0n) is 12.6. The van der Waals surface area contributed by atoms with Crippen LogP contribution in [-0.2, 0) is 0 Å². The first-order valence-corrected chi connectivity index (χ1v) is 9.76. The smallest absolute Gasteiger partial charge is 0.357 e. The van der Waals surface area contributed by atoms with E-state index in [2.05, 4.69) is 31.4 Å². The van der Waals surface area contributed by atoms with E-state index in [1.807, 2.05) is 47.2 Å². The number of rotatable bonds is 4.